The van der Waals surface area contributed by atoms with E-state index in [2.05, 4.69) is 5.10 Å². The Morgan fingerprint density at radius 1 is 0.958 bits per heavy atom. The van der Waals surface area contributed by atoms with Crippen LogP contribution in [0.5, 0.6) is 0 Å². The number of rotatable bonds is 2. The molecule has 0 unspecified atom stereocenters. The average Bonchev–Trinajstić information content (AvgIpc) is 2.98. The van der Waals surface area contributed by atoms with E-state index in [1.165, 1.54) is 6.07 Å². The van der Waals surface area contributed by atoms with Gasteiger partial charge in [0.25, 0.3) is 0 Å². The van der Waals surface area contributed by atoms with E-state index in [-0.39, 0.29) is 5.82 Å². The second-order valence-corrected chi connectivity index (χ2v) is 6.21. The van der Waals surface area contributed by atoms with Gasteiger partial charge in [0.05, 0.1) is 17.4 Å². The van der Waals surface area contributed by atoms with Crippen LogP contribution in [0, 0.1) is 12.7 Å². The molecule has 0 aliphatic carbocycles. The predicted octanol–water partition coefficient (Wildman–Crippen LogP) is 5.79. The van der Waals surface area contributed by atoms with Crippen LogP contribution in [0.4, 0.5) is 4.39 Å². The SMILES string of the molecule is Cc1cc2c(cnn2-c2ccc(-c3cccc(Cl)c3)cc2)cc1F. The summed E-state index contributed by atoms with van der Waals surface area (Å²) in [5, 5.41) is 5.90. The Labute approximate surface area is 144 Å². The molecule has 118 valence electrons. The van der Waals surface area contributed by atoms with Crippen LogP contribution in [-0.4, -0.2) is 9.78 Å². The van der Waals surface area contributed by atoms with E-state index in [9.17, 15) is 4.39 Å². The molecule has 0 amide bonds. The van der Waals surface area contributed by atoms with Gasteiger partial charge in [0.15, 0.2) is 0 Å². The van der Waals surface area contributed by atoms with Crippen LogP contribution in [0.15, 0.2) is 66.9 Å². The first-order valence-corrected chi connectivity index (χ1v) is 8.00. The van der Waals surface area contributed by atoms with Gasteiger partial charge in [-0.3, -0.25) is 0 Å². The number of hydrogen-bond donors (Lipinski definition) is 0. The second-order valence-electron chi connectivity index (χ2n) is 5.77. The highest BCUT2D eigenvalue weighted by atomic mass is 35.5. The second kappa shape index (κ2) is 5.77. The molecule has 1 aromatic heterocycles. The van der Waals surface area contributed by atoms with E-state index in [1.807, 2.05) is 59.3 Å². The molecule has 4 rings (SSSR count). The Hall–Kier alpha value is -2.65. The third-order valence-electron chi connectivity index (χ3n) is 4.12. The van der Waals surface area contributed by atoms with Gasteiger partial charge in [-0.1, -0.05) is 35.9 Å². The van der Waals surface area contributed by atoms with E-state index in [4.69, 9.17) is 11.6 Å². The molecular formula is C20H14ClFN2. The zero-order valence-corrected chi connectivity index (χ0v) is 13.8. The molecule has 0 radical (unpaired) electrons. The van der Waals surface area contributed by atoms with Crippen LogP contribution in [-0.2, 0) is 0 Å². The first-order valence-electron chi connectivity index (χ1n) is 7.62. The van der Waals surface area contributed by atoms with Crippen molar-refractivity contribution >= 4 is 22.5 Å². The fourth-order valence-corrected chi connectivity index (χ4v) is 3.01. The van der Waals surface area contributed by atoms with Gasteiger partial charge in [0.2, 0.25) is 0 Å². The molecule has 24 heavy (non-hydrogen) atoms. The van der Waals surface area contributed by atoms with Crippen molar-refractivity contribution in [2.75, 3.05) is 0 Å². The summed E-state index contributed by atoms with van der Waals surface area (Å²) in [5.74, 6) is -0.210. The molecule has 4 aromatic rings. The molecule has 3 aromatic carbocycles. The third-order valence-corrected chi connectivity index (χ3v) is 4.35. The van der Waals surface area contributed by atoms with Gasteiger partial charge in [-0.2, -0.15) is 5.10 Å². The maximum Gasteiger partial charge on any atom is 0.126 e. The van der Waals surface area contributed by atoms with Crippen LogP contribution < -0.4 is 0 Å². The molecule has 4 heteroatoms. The molecule has 1 heterocycles. The van der Waals surface area contributed by atoms with Crippen molar-refractivity contribution in [3.05, 3.63) is 83.3 Å². The Balaban J connectivity index is 1.77. The van der Waals surface area contributed by atoms with Crippen LogP contribution in [0.3, 0.4) is 0 Å². The molecular weight excluding hydrogens is 323 g/mol. The molecule has 0 saturated heterocycles. The van der Waals surface area contributed by atoms with Gasteiger partial charge >= 0.3 is 0 Å². The number of nitrogens with zero attached hydrogens (tertiary/aromatic N) is 2. The highest BCUT2D eigenvalue weighted by Gasteiger charge is 2.08. The molecule has 0 aliphatic rings. The van der Waals surface area contributed by atoms with Crippen molar-refractivity contribution in [2.24, 2.45) is 0 Å². The lowest BCUT2D eigenvalue weighted by Crippen LogP contribution is -1.96. The average molecular weight is 337 g/mol. The van der Waals surface area contributed by atoms with E-state index in [0.717, 1.165) is 27.7 Å². The third kappa shape index (κ3) is 2.57. The minimum absolute atomic E-state index is 0.210. The molecule has 0 fully saturated rings. The summed E-state index contributed by atoms with van der Waals surface area (Å²) >= 11 is 6.06. The first kappa shape index (κ1) is 14.9. The molecule has 0 N–H and O–H groups in total. The van der Waals surface area contributed by atoms with Gasteiger partial charge in [-0.05, 0) is 60.0 Å². The zero-order valence-electron chi connectivity index (χ0n) is 13.0. The minimum Gasteiger partial charge on any atom is -0.233 e. The summed E-state index contributed by atoms with van der Waals surface area (Å²) < 4.78 is 15.5. The predicted molar refractivity (Wildman–Crippen MR) is 96.2 cm³/mol. The van der Waals surface area contributed by atoms with Crippen molar-refractivity contribution in [3.8, 4) is 16.8 Å². The fourth-order valence-electron chi connectivity index (χ4n) is 2.82. The Kier molecular flexibility index (Phi) is 3.58. The van der Waals surface area contributed by atoms with Gasteiger partial charge in [-0.15, -0.1) is 0 Å². The maximum atomic E-state index is 13.7. The number of hydrogen-bond acceptors (Lipinski definition) is 1. The summed E-state index contributed by atoms with van der Waals surface area (Å²) in [4.78, 5) is 0. The van der Waals surface area contributed by atoms with Gasteiger partial charge < -0.3 is 0 Å². The Morgan fingerprint density at radius 2 is 1.75 bits per heavy atom. The lowest BCUT2D eigenvalue weighted by Gasteiger charge is -2.07. The highest BCUT2D eigenvalue weighted by molar-refractivity contribution is 6.30. The lowest BCUT2D eigenvalue weighted by atomic mass is 10.1. The molecule has 0 aliphatic heterocycles. The molecule has 0 atom stereocenters. The smallest absolute Gasteiger partial charge is 0.126 e. The van der Waals surface area contributed by atoms with Crippen LogP contribution in [0.2, 0.25) is 5.02 Å². The minimum atomic E-state index is -0.210. The highest BCUT2D eigenvalue weighted by Crippen LogP contribution is 2.26. The number of aryl methyl sites for hydroxylation is 1. The number of aromatic nitrogens is 2. The van der Waals surface area contributed by atoms with E-state index < -0.39 is 0 Å². The van der Waals surface area contributed by atoms with Gasteiger partial charge in [-0.25, -0.2) is 9.07 Å². The molecule has 0 spiro atoms. The topological polar surface area (TPSA) is 17.8 Å². The summed E-state index contributed by atoms with van der Waals surface area (Å²) in [6, 6.07) is 19.2. The Bertz CT molecular complexity index is 1040. The zero-order chi connectivity index (χ0) is 16.7. The summed E-state index contributed by atoms with van der Waals surface area (Å²) in [6.45, 7) is 1.76. The number of halogens is 2. The van der Waals surface area contributed by atoms with Crippen molar-refractivity contribution in [1.82, 2.24) is 9.78 Å². The van der Waals surface area contributed by atoms with Crippen LogP contribution >= 0.6 is 11.6 Å². The van der Waals surface area contributed by atoms with Crippen molar-refractivity contribution < 1.29 is 4.39 Å². The molecule has 0 saturated carbocycles. The van der Waals surface area contributed by atoms with Crippen molar-refractivity contribution in [1.29, 1.82) is 0 Å². The summed E-state index contributed by atoms with van der Waals surface area (Å²) in [7, 11) is 0. The maximum absolute atomic E-state index is 13.7. The number of fused-ring (bicyclic) bond motifs is 1. The summed E-state index contributed by atoms with van der Waals surface area (Å²) in [5.41, 5.74) is 4.59. The molecule has 0 bridgehead atoms. The standard InChI is InChI=1S/C20H14ClFN2/c1-13-9-20-16(11-19(13)22)12-23-24(20)18-7-5-14(6-8-18)15-3-2-4-17(21)10-15/h2-12H,1H3. The Morgan fingerprint density at radius 3 is 2.50 bits per heavy atom. The van der Waals surface area contributed by atoms with Crippen LogP contribution in [0.1, 0.15) is 5.56 Å². The van der Waals surface area contributed by atoms with Crippen molar-refractivity contribution in [3.63, 3.8) is 0 Å². The largest absolute Gasteiger partial charge is 0.233 e. The normalized spacial score (nSPS) is 11.1. The summed E-state index contributed by atoms with van der Waals surface area (Å²) in [6.07, 6.45) is 1.68. The fraction of sp³-hybridized carbons (Fsp3) is 0.0500. The van der Waals surface area contributed by atoms with Crippen LogP contribution in [0.25, 0.3) is 27.7 Å². The van der Waals surface area contributed by atoms with Gasteiger partial charge in [0.1, 0.15) is 5.82 Å². The monoisotopic (exact) mass is 336 g/mol. The lowest BCUT2D eigenvalue weighted by molar-refractivity contribution is 0.620. The quantitative estimate of drug-likeness (QED) is 0.453. The molecule has 2 nitrogen and oxygen atoms in total. The first-order chi connectivity index (χ1) is 11.6. The van der Waals surface area contributed by atoms with E-state index >= 15 is 0 Å². The van der Waals surface area contributed by atoms with Gasteiger partial charge in [0, 0.05) is 10.4 Å². The van der Waals surface area contributed by atoms with Crippen molar-refractivity contribution in [2.45, 2.75) is 6.92 Å². The van der Waals surface area contributed by atoms with E-state index in [1.54, 1.807) is 13.1 Å². The number of benzene rings is 3. The van der Waals surface area contributed by atoms with E-state index in [0.29, 0.717) is 10.6 Å².